The number of para-hydroxylation sites is 1. The summed E-state index contributed by atoms with van der Waals surface area (Å²) >= 11 is 0. The Hall–Kier alpha value is -1.13. The average Bonchev–Trinajstić information content (AvgIpc) is 2.33. The van der Waals surface area contributed by atoms with Gasteiger partial charge in [0, 0.05) is 0 Å². The summed E-state index contributed by atoms with van der Waals surface area (Å²) < 4.78 is 14.6. The quantitative estimate of drug-likeness (QED) is 0.553. The standard InChI is InChI=1S/C13H18O.H3O4P/c1-3-5-9-12(4-2)14-13-10-7-6-8-11-13;1-5(2,3)4/h4,6-8,10-12H,2-3,5,9H2,1H3;(H3,1,2,3,4). The number of unbranched alkanes of at least 4 members (excludes halogenated alkanes) is 1. The van der Waals surface area contributed by atoms with E-state index in [1.165, 1.54) is 12.8 Å². The Labute approximate surface area is 113 Å². The Kier molecular flexibility index (Phi) is 9.17. The SMILES string of the molecule is C=CC(CCCC)Oc1ccccc1.O=P(O)(O)O. The van der Waals surface area contributed by atoms with Gasteiger partial charge in [-0.05, 0) is 25.0 Å². The molecule has 5 nitrogen and oxygen atoms in total. The Morgan fingerprint density at radius 2 is 1.84 bits per heavy atom. The molecule has 0 heterocycles. The molecule has 0 aliphatic heterocycles. The van der Waals surface area contributed by atoms with Gasteiger partial charge in [0.15, 0.2) is 0 Å². The van der Waals surface area contributed by atoms with Crippen molar-refractivity contribution in [2.24, 2.45) is 0 Å². The van der Waals surface area contributed by atoms with Crippen molar-refractivity contribution >= 4 is 7.82 Å². The summed E-state index contributed by atoms with van der Waals surface area (Å²) in [6, 6.07) is 9.90. The number of benzene rings is 1. The van der Waals surface area contributed by atoms with Crippen LogP contribution in [0, 0.1) is 0 Å². The molecule has 1 atom stereocenters. The second-order valence-corrected chi connectivity index (χ2v) is 4.89. The van der Waals surface area contributed by atoms with Crippen LogP contribution >= 0.6 is 7.82 Å². The zero-order chi connectivity index (χ0) is 14.7. The molecule has 0 bridgehead atoms. The molecule has 1 aromatic rings. The third-order valence-corrected chi connectivity index (χ3v) is 2.14. The van der Waals surface area contributed by atoms with Crippen LogP contribution in [-0.2, 0) is 4.57 Å². The third-order valence-electron chi connectivity index (χ3n) is 2.14. The second-order valence-electron chi connectivity index (χ2n) is 3.86. The molecule has 0 aliphatic rings. The van der Waals surface area contributed by atoms with E-state index >= 15 is 0 Å². The van der Waals surface area contributed by atoms with Crippen LogP contribution in [0.25, 0.3) is 0 Å². The van der Waals surface area contributed by atoms with Gasteiger partial charge in [-0.3, -0.25) is 0 Å². The fourth-order valence-corrected chi connectivity index (χ4v) is 1.30. The van der Waals surface area contributed by atoms with Gasteiger partial charge in [0.2, 0.25) is 0 Å². The van der Waals surface area contributed by atoms with Gasteiger partial charge in [0.25, 0.3) is 0 Å². The summed E-state index contributed by atoms with van der Waals surface area (Å²) in [7, 11) is -4.64. The van der Waals surface area contributed by atoms with Gasteiger partial charge >= 0.3 is 7.82 Å². The molecule has 108 valence electrons. The van der Waals surface area contributed by atoms with Crippen LogP contribution in [0.1, 0.15) is 26.2 Å². The minimum atomic E-state index is -4.64. The predicted molar refractivity (Wildman–Crippen MR) is 74.8 cm³/mol. The van der Waals surface area contributed by atoms with E-state index in [1.54, 1.807) is 0 Å². The molecule has 0 saturated carbocycles. The normalized spacial score (nSPS) is 12.0. The Balaban J connectivity index is 0.000000555. The Morgan fingerprint density at radius 1 is 1.32 bits per heavy atom. The van der Waals surface area contributed by atoms with E-state index in [0.29, 0.717) is 0 Å². The van der Waals surface area contributed by atoms with E-state index in [1.807, 2.05) is 36.4 Å². The molecule has 0 saturated heterocycles. The van der Waals surface area contributed by atoms with Crippen LogP contribution in [0.15, 0.2) is 43.0 Å². The summed E-state index contributed by atoms with van der Waals surface area (Å²) in [5, 5.41) is 0. The van der Waals surface area contributed by atoms with Crippen molar-refractivity contribution in [2.75, 3.05) is 0 Å². The van der Waals surface area contributed by atoms with E-state index in [0.717, 1.165) is 12.2 Å². The highest BCUT2D eigenvalue weighted by atomic mass is 31.2. The molecule has 1 aromatic carbocycles. The van der Waals surface area contributed by atoms with Crippen molar-refractivity contribution < 1.29 is 24.0 Å². The van der Waals surface area contributed by atoms with Crippen LogP contribution in [0.4, 0.5) is 0 Å². The molecule has 1 unspecified atom stereocenters. The summed E-state index contributed by atoms with van der Waals surface area (Å²) in [6.45, 7) is 5.97. The zero-order valence-corrected chi connectivity index (χ0v) is 11.9. The van der Waals surface area contributed by atoms with Gasteiger partial charge in [-0.2, -0.15) is 0 Å². The number of rotatable bonds is 6. The van der Waals surface area contributed by atoms with Gasteiger partial charge in [-0.25, -0.2) is 4.57 Å². The first-order valence-corrected chi connectivity index (χ1v) is 7.56. The lowest BCUT2D eigenvalue weighted by atomic mass is 10.1. The molecular formula is C13H21O5P. The summed E-state index contributed by atoms with van der Waals surface area (Å²) in [4.78, 5) is 21.6. The molecule has 0 amide bonds. The molecule has 0 aromatic heterocycles. The van der Waals surface area contributed by atoms with Crippen molar-refractivity contribution in [2.45, 2.75) is 32.3 Å². The number of phosphoric acid groups is 1. The van der Waals surface area contributed by atoms with Crippen molar-refractivity contribution in [3.63, 3.8) is 0 Å². The first kappa shape index (κ1) is 17.9. The third kappa shape index (κ3) is 13.1. The van der Waals surface area contributed by atoms with Gasteiger partial charge in [0.05, 0.1) is 0 Å². The fourth-order valence-electron chi connectivity index (χ4n) is 1.30. The largest absolute Gasteiger partial charge is 0.486 e. The molecule has 0 aliphatic carbocycles. The van der Waals surface area contributed by atoms with E-state index < -0.39 is 7.82 Å². The van der Waals surface area contributed by atoms with Crippen LogP contribution in [0.3, 0.4) is 0 Å². The highest BCUT2D eigenvalue weighted by Crippen LogP contribution is 2.25. The Morgan fingerprint density at radius 3 is 2.26 bits per heavy atom. The molecule has 3 N–H and O–H groups in total. The lowest BCUT2D eigenvalue weighted by molar-refractivity contribution is 0.235. The highest BCUT2D eigenvalue weighted by molar-refractivity contribution is 7.45. The topological polar surface area (TPSA) is 87.0 Å². The minimum absolute atomic E-state index is 0.150. The van der Waals surface area contributed by atoms with E-state index in [-0.39, 0.29) is 6.10 Å². The smallest absolute Gasteiger partial charge is 0.466 e. The molecular weight excluding hydrogens is 267 g/mol. The highest BCUT2D eigenvalue weighted by Gasteiger charge is 2.04. The van der Waals surface area contributed by atoms with Crippen molar-refractivity contribution in [1.82, 2.24) is 0 Å². The second kappa shape index (κ2) is 9.75. The molecule has 0 spiro atoms. The number of hydrogen-bond donors (Lipinski definition) is 3. The summed E-state index contributed by atoms with van der Waals surface area (Å²) in [5.74, 6) is 0.925. The van der Waals surface area contributed by atoms with Crippen molar-refractivity contribution in [1.29, 1.82) is 0 Å². The average molecular weight is 288 g/mol. The predicted octanol–water partition coefficient (Wildman–Crippen LogP) is 2.88. The van der Waals surface area contributed by atoms with E-state index in [4.69, 9.17) is 24.0 Å². The molecule has 19 heavy (non-hydrogen) atoms. The Bertz CT molecular complexity index is 379. The number of ether oxygens (including phenoxy) is 1. The maximum atomic E-state index is 8.88. The van der Waals surface area contributed by atoms with Gasteiger partial charge in [-0.15, -0.1) is 0 Å². The summed E-state index contributed by atoms with van der Waals surface area (Å²) in [6.07, 6.45) is 5.46. The van der Waals surface area contributed by atoms with Crippen LogP contribution in [-0.4, -0.2) is 20.8 Å². The van der Waals surface area contributed by atoms with Gasteiger partial charge in [0.1, 0.15) is 11.9 Å². The molecule has 0 radical (unpaired) electrons. The van der Waals surface area contributed by atoms with E-state index in [9.17, 15) is 0 Å². The van der Waals surface area contributed by atoms with Crippen molar-refractivity contribution in [3.05, 3.63) is 43.0 Å². The van der Waals surface area contributed by atoms with Crippen LogP contribution in [0.5, 0.6) is 5.75 Å². The van der Waals surface area contributed by atoms with Crippen LogP contribution in [0.2, 0.25) is 0 Å². The maximum Gasteiger partial charge on any atom is 0.466 e. The maximum absolute atomic E-state index is 8.88. The minimum Gasteiger partial charge on any atom is -0.486 e. The molecule has 1 rings (SSSR count). The fraction of sp³-hybridized carbons (Fsp3) is 0.385. The first-order chi connectivity index (χ1) is 8.86. The lowest BCUT2D eigenvalue weighted by Crippen LogP contribution is -2.12. The lowest BCUT2D eigenvalue weighted by Gasteiger charge is -2.14. The monoisotopic (exact) mass is 288 g/mol. The summed E-state index contributed by atoms with van der Waals surface area (Å²) in [5.41, 5.74) is 0. The zero-order valence-electron chi connectivity index (χ0n) is 11.0. The first-order valence-electron chi connectivity index (χ1n) is 5.99. The molecule has 6 heteroatoms. The van der Waals surface area contributed by atoms with E-state index in [2.05, 4.69) is 13.5 Å². The van der Waals surface area contributed by atoms with Gasteiger partial charge in [-0.1, -0.05) is 44.2 Å². The van der Waals surface area contributed by atoms with Crippen molar-refractivity contribution in [3.8, 4) is 5.75 Å². The molecule has 0 fully saturated rings. The number of hydrogen-bond acceptors (Lipinski definition) is 2. The van der Waals surface area contributed by atoms with Gasteiger partial charge < -0.3 is 19.4 Å². The van der Waals surface area contributed by atoms with Crippen LogP contribution < -0.4 is 4.74 Å².